The lowest BCUT2D eigenvalue weighted by Gasteiger charge is -2.46. The Morgan fingerprint density at radius 1 is 1.00 bits per heavy atom. The third-order valence-corrected chi connectivity index (χ3v) is 9.07. The second kappa shape index (κ2) is 14.0. The lowest BCUT2D eigenvalue weighted by molar-refractivity contribution is -0.111. The van der Waals surface area contributed by atoms with Gasteiger partial charge in [-0.25, -0.2) is 8.78 Å². The number of benzene rings is 3. The molecule has 1 saturated heterocycles. The molecule has 1 fully saturated rings. The first-order valence-corrected chi connectivity index (χ1v) is 16.5. The maximum Gasteiger partial charge on any atom is 0.271 e. The molecule has 1 amide bonds. The molecule has 0 radical (unpaired) electrons. The maximum absolute atomic E-state index is 15.5. The molecule has 5 aromatic rings. The Bertz CT molecular complexity index is 2170. The van der Waals surface area contributed by atoms with E-state index < -0.39 is 23.1 Å². The number of pyridine rings is 2. The molecule has 4 heterocycles. The van der Waals surface area contributed by atoms with Gasteiger partial charge in [-0.15, -0.1) is 0 Å². The fraction of sp³-hybridized carbons (Fsp3) is 0.289. The van der Waals surface area contributed by atoms with Crippen LogP contribution >= 0.6 is 0 Å². The number of amides is 1. The Morgan fingerprint density at radius 2 is 1.80 bits per heavy atom. The monoisotopic (exact) mass is 698 g/mol. The molecule has 2 aliphatic rings. The molecule has 1 N–H and O–H groups in total. The fourth-order valence-corrected chi connectivity index (χ4v) is 6.37. The fourth-order valence-electron chi connectivity index (χ4n) is 6.37. The van der Waals surface area contributed by atoms with Crippen molar-refractivity contribution in [2.24, 2.45) is 0 Å². The van der Waals surface area contributed by atoms with Gasteiger partial charge < -0.3 is 29.0 Å². The van der Waals surface area contributed by atoms with Gasteiger partial charge in [0.15, 0.2) is 23.1 Å². The number of hydrogen-bond acceptors (Lipinski definition) is 9. The average molecular weight is 699 g/mol. The van der Waals surface area contributed by atoms with Crippen LogP contribution in [-0.4, -0.2) is 73.0 Å². The number of rotatable bonds is 12. The highest BCUT2D eigenvalue weighted by Crippen LogP contribution is 2.38. The van der Waals surface area contributed by atoms with E-state index in [9.17, 15) is 14.0 Å². The van der Waals surface area contributed by atoms with Crippen LogP contribution in [-0.2, 0) is 11.2 Å². The molecule has 7 rings (SSSR count). The summed E-state index contributed by atoms with van der Waals surface area (Å²) in [5.74, 6) is -0.574. The highest BCUT2D eigenvalue weighted by atomic mass is 19.1. The number of carbonyl (C=O) groups is 1. The summed E-state index contributed by atoms with van der Waals surface area (Å²) in [6, 6.07) is 14.4. The van der Waals surface area contributed by atoms with Gasteiger partial charge >= 0.3 is 0 Å². The SMILES string of the molecule is COc1cc2c(Oc3ccc(NC(=O)c4c5c(cn(-c6ccc(F)cc6)c4=O)CCO5)cc3F)ccnc2cc1OCCCN1CC(C)(OC)C1. The van der Waals surface area contributed by atoms with Gasteiger partial charge in [0, 0.05) is 80.0 Å². The van der Waals surface area contributed by atoms with E-state index in [-0.39, 0.29) is 28.4 Å². The van der Waals surface area contributed by atoms with Gasteiger partial charge in [-0.1, -0.05) is 0 Å². The molecule has 0 bridgehead atoms. The van der Waals surface area contributed by atoms with Gasteiger partial charge in [0.05, 0.1) is 31.4 Å². The summed E-state index contributed by atoms with van der Waals surface area (Å²) in [6.07, 6.45) is 4.44. The second-order valence-corrected chi connectivity index (χ2v) is 12.7. The largest absolute Gasteiger partial charge is 0.493 e. The van der Waals surface area contributed by atoms with Crippen molar-refractivity contribution < 1.29 is 37.3 Å². The first-order chi connectivity index (χ1) is 24.6. The average Bonchev–Trinajstić information content (AvgIpc) is 3.58. The molecule has 51 heavy (non-hydrogen) atoms. The van der Waals surface area contributed by atoms with Crippen LogP contribution in [0.15, 0.2) is 77.9 Å². The first-order valence-electron chi connectivity index (χ1n) is 16.5. The minimum Gasteiger partial charge on any atom is -0.493 e. The van der Waals surface area contributed by atoms with E-state index in [2.05, 4.69) is 22.1 Å². The minimum atomic E-state index is -0.775. The number of aromatic nitrogens is 2. The Kier molecular flexibility index (Phi) is 9.32. The van der Waals surface area contributed by atoms with E-state index in [0.29, 0.717) is 59.0 Å². The van der Waals surface area contributed by atoms with Gasteiger partial charge in [0.2, 0.25) is 0 Å². The molecule has 0 unspecified atom stereocenters. The van der Waals surface area contributed by atoms with Crippen LogP contribution in [0.1, 0.15) is 29.3 Å². The van der Waals surface area contributed by atoms with Crippen LogP contribution in [0.5, 0.6) is 28.7 Å². The predicted molar refractivity (Wildman–Crippen MR) is 186 cm³/mol. The maximum atomic E-state index is 15.5. The lowest BCUT2D eigenvalue weighted by Crippen LogP contribution is -2.61. The molecule has 11 nitrogen and oxygen atoms in total. The van der Waals surface area contributed by atoms with Crippen molar-refractivity contribution in [2.75, 3.05) is 52.4 Å². The summed E-state index contributed by atoms with van der Waals surface area (Å²) in [4.78, 5) is 33.7. The summed E-state index contributed by atoms with van der Waals surface area (Å²) < 4.78 is 59.1. The molecule has 0 aliphatic carbocycles. The quantitative estimate of drug-likeness (QED) is 0.154. The van der Waals surface area contributed by atoms with Crippen molar-refractivity contribution in [3.8, 4) is 34.4 Å². The number of nitrogens with zero attached hydrogens (tertiary/aromatic N) is 3. The first kappa shape index (κ1) is 33.9. The van der Waals surface area contributed by atoms with E-state index in [0.717, 1.165) is 32.1 Å². The van der Waals surface area contributed by atoms with Gasteiger partial charge in [-0.2, -0.15) is 0 Å². The van der Waals surface area contributed by atoms with E-state index in [4.69, 9.17) is 23.7 Å². The van der Waals surface area contributed by atoms with E-state index >= 15 is 4.39 Å². The molecule has 264 valence electrons. The number of halogens is 2. The summed E-state index contributed by atoms with van der Waals surface area (Å²) in [5, 5.41) is 3.18. The molecule has 0 spiro atoms. The third kappa shape index (κ3) is 6.94. The second-order valence-electron chi connectivity index (χ2n) is 12.7. The molecule has 0 saturated carbocycles. The van der Waals surface area contributed by atoms with Crippen LogP contribution in [0.2, 0.25) is 0 Å². The molecule has 13 heteroatoms. The van der Waals surface area contributed by atoms with Crippen LogP contribution < -0.4 is 29.8 Å². The summed E-state index contributed by atoms with van der Waals surface area (Å²) >= 11 is 0. The van der Waals surface area contributed by atoms with Gasteiger partial charge in [0.1, 0.15) is 22.9 Å². The van der Waals surface area contributed by atoms with Gasteiger partial charge in [-0.05, 0) is 61.9 Å². The highest BCUT2D eigenvalue weighted by molar-refractivity contribution is 6.06. The number of fused-ring (bicyclic) bond motifs is 2. The van der Waals surface area contributed by atoms with Crippen molar-refractivity contribution in [1.82, 2.24) is 14.5 Å². The van der Waals surface area contributed by atoms with Crippen molar-refractivity contribution in [3.05, 3.63) is 106 Å². The van der Waals surface area contributed by atoms with Crippen LogP contribution in [0.3, 0.4) is 0 Å². The summed E-state index contributed by atoms with van der Waals surface area (Å²) in [5.41, 5.74) is 0.728. The molecule has 0 atom stereocenters. The Hall–Kier alpha value is -5.53. The summed E-state index contributed by atoms with van der Waals surface area (Å²) in [7, 11) is 3.27. The van der Waals surface area contributed by atoms with Gasteiger partial charge in [-0.3, -0.25) is 24.0 Å². The standard InChI is InChI=1S/C38H36F2N4O7/c1-38(48-3)21-43(22-38)14-4-15-49-33-19-29-27(18-32(33)47-2)30(11-13-41-29)51-31-10-7-25(17-28(31)40)42-36(45)34-35-23(12-16-50-35)20-44(37(34)46)26-8-5-24(39)6-9-26/h5-11,13,17-20H,4,12,14-16,21-22H2,1-3H3,(H,42,45). The number of nitrogens with one attached hydrogen (secondary N) is 1. The number of methoxy groups -OCH3 is 2. The number of likely N-dealkylation sites (tertiary alicyclic amines) is 1. The van der Waals surface area contributed by atoms with Crippen LogP contribution in [0.25, 0.3) is 16.6 Å². The van der Waals surface area contributed by atoms with E-state index in [1.165, 1.54) is 48.1 Å². The van der Waals surface area contributed by atoms with Crippen molar-refractivity contribution in [3.63, 3.8) is 0 Å². The molecular formula is C38H36F2N4O7. The Morgan fingerprint density at radius 3 is 2.55 bits per heavy atom. The number of hydrogen-bond donors (Lipinski definition) is 1. The van der Waals surface area contributed by atoms with E-state index in [1.54, 1.807) is 37.7 Å². The lowest BCUT2D eigenvalue weighted by atomic mass is 9.96. The Balaban J connectivity index is 1.06. The number of carbonyl (C=O) groups excluding carboxylic acids is 1. The van der Waals surface area contributed by atoms with Crippen molar-refractivity contribution in [2.45, 2.75) is 25.4 Å². The molecule has 3 aromatic carbocycles. The zero-order valence-corrected chi connectivity index (χ0v) is 28.3. The Labute approximate surface area is 292 Å². The number of ether oxygens (including phenoxy) is 5. The van der Waals surface area contributed by atoms with Crippen LogP contribution in [0, 0.1) is 11.6 Å². The summed E-state index contributed by atoms with van der Waals surface area (Å²) in [6.45, 7) is 5.54. The minimum absolute atomic E-state index is 0.0755. The number of anilines is 1. The van der Waals surface area contributed by atoms with Crippen LogP contribution in [0.4, 0.5) is 14.5 Å². The normalized spacial score (nSPS) is 14.8. The third-order valence-electron chi connectivity index (χ3n) is 9.07. The van der Waals surface area contributed by atoms with Crippen molar-refractivity contribution >= 4 is 22.5 Å². The smallest absolute Gasteiger partial charge is 0.271 e. The predicted octanol–water partition coefficient (Wildman–Crippen LogP) is 6.14. The van der Waals surface area contributed by atoms with E-state index in [1.807, 2.05) is 0 Å². The molecule has 2 aromatic heterocycles. The zero-order chi connectivity index (χ0) is 35.7. The topological polar surface area (TPSA) is 113 Å². The van der Waals surface area contributed by atoms with Crippen molar-refractivity contribution in [1.29, 1.82) is 0 Å². The van der Waals surface area contributed by atoms with Gasteiger partial charge in [0.25, 0.3) is 11.5 Å². The highest BCUT2D eigenvalue weighted by Gasteiger charge is 2.38. The molecule has 2 aliphatic heterocycles. The molecular weight excluding hydrogens is 662 g/mol. The zero-order valence-electron chi connectivity index (χ0n) is 28.3.